The van der Waals surface area contributed by atoms with Crippen LogP contribution in [0.2, 0.25) is 0 Å². The number of benzene rings is 1. The van der Waals surface area contributed by atoms with Crippen LogP contribution in [0.4, 0.5) is 0 Å². The fourth-order valence-electron chi connectivity index (χ4n) is 3.87. The lowest BCUT2D eigenvalue weighted by molar-refractivity contribution is 0.356. The summed E-state index contributed by atoms with van der Waals surface area (Å²) in [5, 5.41) is 0. The molecule has 1 aliphatic carbocycles. The smallest absolute Gasteiger partial charge is 0.122 e. The first-order chi connectivity index (χ1) is 8.89. The van der Waals surface area contributed by atoms with Crippen molar-refractivity contribution >= 4 is 0 Å². The van der Waals surface area contributed by atoms with Gasteiger partial charge < -0.3 is 4.74 Å². The lowest BCUT2D eigenvalue weighted by Gasteiger charge is -2.19. The normalized spacial score (nSPS) is 24.7. The minimum Gasteiger partial charge on any atom is -0.493 e. The molecular weight excluding hydrogens is 236 g/mol. The summed E-state index contributed by atoms with van der Waals surface area (Å²) in [5.41, 5.74) is 6.28. The van der Waals surface area contributed by atoms with Crippen molar-refractivity contribution in [3.05, 3.63) is 29.3 Å². The third kappa shape index (κ3) is 1.72. The molecule has 3 heteroatoms. The molecule has 3 rings (SSSR count). The van der Waals surface area contributed by atoms with Crippen molar-refractivity contribution in [3.63, 3.8) is 0 Å². The molecule has 0 saturated heterocycles. The molecular formula is C16H24N2O. The first-order valence-electron chi connectivity index (χ1n) is 7.11. The van der Waals surface area contributed by atoms with E-state index in [0.717, 1.165) is 18.8 Å². The molecule has 19 heavy (non-hydrogen) atoms. The Morgan fingerprint density at radius 3 is 2.53 bits per heavy atom. The summed E-state index contributed by atoms with van der Waals surface area (Å²) in [5.74, 6) is 7.45. The molecule has 3 N–H and O–H groups in total. The average molecular weight is 260 g/mol. The number of rotatable bonds is 3. The van der Waals surface area contributed by atoms with Crippen LogP contribution < -0.4 is 16.0 Å². The number of hydrogen-bond donors (Lipinski definition) is 2. The highest BCUT2D eigenvalue weighted by Crippen LogP contribution is 2.72. The van der Waals surface area contributed by atoms with Crippen LogP contribution in [0.25, 0.3) is 0 Å². The molecule has 0 radical (unpaired) electrons. The van der Waals surface area contributed by atoms with Gasteiger partial charge >= 0.3 is 0 Å². The van der Waals surface area contributed by atoms with E-state index in [-0.39, 0.29) is 6.04 Å². The van der Waals surface area contributed by atoms with Gasteiger partial charge in [-0.15, -0.1) is 0 Å². The fourth-order valence-corrected chi connectivity index (χ4v) is 3.87. The summed E-state index contributed by atoms with van der Waals surface area (Å²) in [6.07, 6.45) is 1.01. The van der Waals surface area contributed by atoms with Gasteiger partial charge in [-0.3, -0.25) is 11.3 Å². The van der Waals surface area contributed by atoms with E-state index in [4.69, 9.17) is 10.6 Å². The molecule has 2 aliphatic rings. The highest BCUT2D eigenvalue weighted by molar-refractivity contribution is 5.42. The van der Waals surface area contributed by atoms with Gasteiger partial charge in [-0.2, -0.15) is 0 Å². The highest BCUT2D eigenvalue weighted by atomic mass is 16.5. The van der Waals surface area contributed by atoms with Crippen LogP contribution in [0, 0.1) is 16.7 Å². The second-order valence-corrected chi connectivity index (χ2v) is 7.03. The quantitative estimate of drug-likeness (QED) is 0.649. The van der Waals surface area contributed by atoms with E-state index in [9.17, 15) is 0 Å². The summed E-state index contributed by atoms with van der Waals surface area (Å²) in [6, 6.07) is 6.72. The third-order valence-corrected chi connectivity index (χ3v) is 5.72. The predicted octanol–water partition coefficient (Wildman–Crippen LogP) is 2.81. The van der Waals surface area contributed by atoms with Gasteiger partial charge in [0.15, 0.2) is 0 Å². The molecule has 0 bridgehead atoms. The lowest BCUT2D eigenvalue weighted by Crippen LogP contribution is -2.31. The number of ether oxygens (including phenoxy) is 1. The van der Waals surface area contributed by atoms with Crippen LogP contribution in [0.3, 0.4) is 0 Å². The second-order valence-electron chi connectivity index (χ2n) is 7.03. The van der Waals surface area contributed by atoms with E-state index in [1.54, 1.807) is 0 Å². The summed E-state index contributed by atoms with van der Waals surface area (Å²) in [4.78, 5) is 0. The lowest BCUT2D eigenvalue weighted by atomic mass is 9.95. The van der Waals surface area contributed by atoms with Crippen molar-refractivity contribution in [2.45, 2.75) is 40.2 Å². The number of fused-ring (bicyclic) bond motifs is 1. The van der Waals surface area contributed by atoms with Crippen molar-refractivity contribution in [1.82, 2.24) is 5.43 Å². The number of nitrogens with two attached hydrogens (primary N) is 1. The van der Waals surface area contributed by atoms with E-state index in [2.05, 4.69) is 51.3 Å². The topological polar surface area (TPSA) is 47.3 Å². The van der Waals surface area contributed by atoms with Gasteiger partial charge in [0.05, 0.1) is 6.61 Å². The maximum atomic E-state index is 5.85. The van der Waals surface area contributed by atoms with Gasteiger partial charge in [0.25, 0.3) is 0 Å². The Labute approximate surface area is 115 Å². The van der Waals surface area contributed by atoms with Gasteiger partial charge in [-0.05, 0) is 33.9 Å². The van der Waals surface area contributed by atoms with E-state index in [1.165, 1.54) is 11.1 Å². The zero-order valence-corrected chi connectivity index (χ0v) is 12.3. The second kappa shape index (κ2) is 3.97. The molecule has 1 saturated carbocycles. The van der Waals surface area contributed by atoms with E-state index < -0.39 is 0 Å². The summed E-state index contributed by atoms with van der Waals surface area (Å²) >= 11 is 0. The zero-order chi connectivity index (χ0) is 13.8. The predicted molar refractivity (Wildman–Crippen MR) is 76.8 cm³/mol. The monoisotopic (exact) mass is 260 g/mol. The Bertz CT molecular complexity index is 493. The number of nitrogens with one attached hydrogen (secondary N) is 1. The first-order valence-corrected chi connectivity index (χ1v) is 7.11. The van der Waals surface area contributed by atoms with Crippen LogP contribution in [-0.2, 0) is 6.42 Å². The molecule has 3 nitrogen and oxygen atoms in total. The van der Waals surface area contributed by atoms with Crippen molar-refractivity contribution in [3.8, 4) is 5.75 Å². The summed E-state index contributed by atoms with van der Waals surface area (Å²) in [7, 11) is 0. The van der Waals surface area contributed by atoms with E-state index in [0.29, 0.717) is 16.7 Å². The number of hydrogen-bond acceptors (Lipinski definition) is 3. The van der Waals surface area contributed by atoms with Crippen molar-refractivity contribution < 1.29 is 4.74 Å². The van der Waals surface area contributed by atoms with Crippen molar-refractivity contribution in [2.24, 2.45) is 22.6 Å². The molecule has 1 fully saturated rings. The molecule has 1 unspecified atom stereocenters. The molecule has 1 aliphatic heterocycles. The van der Waals surface area contributed by atoms with Crippen LogP contribution in [-0.4, -0.2) is 6.61 Å². The molecule has 0 aromatic heterocycles. The molecule has 0 amide bonds. The van der Waals surface area contributed by atoms with Crippen molar-refractivity contribution in [1.29, 1.82) is 0 Å². The molecule has 1 aromatic carbocycles. The maximum absolute atomic E-state index is 5.85. The number of hydrazine groups is 1. The Hall–Kier alpha value is -1.06. The maximum Gasteiger partial charge on any atom is 0.122 e. The van der Waals surface area contributed by atoms with Crippen LogP contribution in [0.15, 0.2) is 18.2 Å². The standard InChI is InChI=1S/C16H24N2O/c1-15(2)14(16(15,3)4)13(18-17)11-5-6-12-10(9-11)7-8-19-12/h5-6,9,13-14,18H,7-8,17H2,1-4H3. The molecule has 1 atom stereocenters. The minimum absolute atomic E-state index is 0.218. The van der Waals surface area contributed by atoms with Gasteiger partial charge in [0, 0.05) is 12.5 Å². The van der Waals surface area contributed by atoms with Crippen molar-refractivity contribution in [2.75, 3.05) is 6.61 Å². The zero-order valence-electron chi connectivity index (χ0n) is 12.3. The van der Waals surface area contributed by atoms with Gasteiger partial charge in [-0.1, -0.05) is 39.8 Å². The summed E-state index contributed by atoms with van der Waals surface area (Å²) < 4.78 is 5.57. The Morgan fingerprint density at radius 2 is 1.95 bits per heavy atom. The van der Waals surface area contributed by atoms with Gasteiger partial charge in [-0.25, -0.2) is 0 Å². The largest absolute Gasteiger partial charge is 0.493 e. The summed E-state index contributed by atoms with van der Waals surface area (Å²) in [6.45, 7) is 10.1. The third-order valence-electron chi connectivity index (χ3n) is 5.72. The van der Waals surface area contributed by atoms with Crippen LogP contribution in [0.1, 0.15) is 44.9 Å². The first kappa shape index (κ1) is 12.9. The Kier molecular flexibility index (Phi) is 2.70. The highest BCUT2D eigenvalue weighted by Gasteiger charge is 2.67. The fraction of sp³-hybridized carbons (Fsp3) is 0.625. The molecule has 104 valence electrons. The minimum atomic E-state index is 0.218. The SMILES string of the molecule is CC1(C)C(C(NN)c2ccc3c(c2)CCO3)C1(C)C. The van der Waals surface area contributed by atoms with E-state index >= 15 is 0 Å². The van der Waals surface area contributed by atoms with E-state index in [1.807, 2.05) is 0 Å². The van der Waals surface area contributed by atoms with Gasteiger partial charge in [0.2, 0.25) is 0 Å². The molecule has 1 heterocycles. The van der Waals surface area contributed by atoms with Crippen LogP contribution >= 0.6 is 0 Å². The molecule has 1 aromatic rings. The Morgan fingerprint density at radius 1 is 1.26 bits per heavy atom. The molecule has 0 spiro atoms. The van der Waals surface area contributed by atoms with Gasteiger partial charge in [0.1, 0.15) is 5.75 Å². The Balaban J connectivity index is 1.92. The average Bonchev–Trinajstić information content (AvgIpc) is 2.74. The van der Waals surface area contributed by atoms with Crippen LogP contribution in [0.5, 0.6) is 5.75 Å².